The average Bonchev–Trinajstić information content (AvgIpc) is 3.30. The highest BCUT2D eigenvalue weighted by Crippen LogP contribution is 2.39. The fraction of sp³-hybridized carbons (Fsp3) is 0.588. The maximum absolute atomic E-state index is 12.6. The second-order valence-corrected chi connectivity index (χ2v) is 6.96. The van der Waals surface area contributed by atoms with Crippen molar-refractivity contribution in [3.8, 4) is 5.75 Å². The Balaban J connectivity index is 1.41. The van der Waals surface area contributed by atoms with Crippen molar-refractivity contribution in [2.75, 3.05) is 6.61 Å². The summed E-state index contributed by atoms with van der Waals surface area (Å²) in [6.45, 7) is 0.480. The number of rotatable bonds is 6. The molecule has 0 aliphatic carbocycles. The van der Waals surface area contributed by atoms with E-state index in [1.807, 2.05) is 24.3 Å². The van der Waals surface area contributed by atoms with Gasteiger partial charge < -0.3 is 29.5 Å². The van der Waals surface area contributed by atoms with E-state index in [0.717, 1.165) is 30.6 Å². The van der Waals surface area contributed by atoms with Crippen molar-refractivity contribution in [1.82, 2.24) is 5.32 Å². The predicted molar refractivity (Wildman–Crippen MR) is 88.5 cm³/mol. The minimum atomic E-state index is -1.95. The Morgan fingerprint density at radius 1 is 1.36 bits per heavy atom. The van der Waals surface area contributed by atoms with Crippen molar-refractivity contribution < 1.29 is 29.0 Å². The van der Waals surface area contributed by atoms with Crippen molar-refractivity contribution in [2.24, 2.45) is 5.92 Å². The molecule has 1 aromatic rings. The molecule has 3 aliphatic heterocycles. The minimum Gasteiger partial charge on any atom is -0.493 e. The summed E-state index contributed by atoms with van der Waals surface area (Å²) in [5.74, 6) is 0.512. The van der Waals surface area contributed by atoms with Crippen LogP contribution in [0.5, 0.6) is 5.75 Å². The number of amides is 1. The monoisotopic (exact) mass is 347 g/mol. The van der Waals surface area contributed by atoms with Gasteiger partial charge in [-0.1, -0.05) is 18.2 Å². The summed E-state index contributed by atoms with van der Waals surface area (Å²) in [7, 11) is -1.95. The standard InChI is InChI=1S/C17H22BNO6/c20-17(13-8-11-5-6-15(13)24-11)19-16(25-18(21)22)7-10-9-23-14-4-2-1-3-12(10)14/h1-4,10-11,13,15-16,21-22H,5-9H2,(H,19,20)/t10-,11+,13+,15-,16-/m1/s1. The summed E-state index contributed by atoms with van der Waals surface area (Å²) in [5.41, 5.74) is 1.04. The molecule has 2 fully saturated rings. The van der Waals surface area contributed by atoms with Gasteiger partial charge in [-0.2, -0.15) is 0 Å². The zero-order valence-electron chi connectivity index (χ0n) is 13.8. The third-order valence-corrected chi connectivity index (χ3v) is 5.33. The predicted octanol–water partition coefficient (Wildman–Crippen LogP) is 0.549. The first-order valence-corrected chi connectivity index (χ1v) is 8.79. The van der Waals surface area contributed by atoms with Crippen molar-refractivity contribution >= 4 is 13.2 Å². The number of ether oxygens (including phenoxy) is 2. The third-order valence-electron chi connectivity index (χ3n) is 5.33. The average molecular weight is 347 g/mol. The van der Waals surface area contributed by atoms with Gasteiger partial charge in [-0.15, -0.1) is 0 Å². The highest BCUT2D eigenvalue weighted by atomic mass is 16.6. The molecule has 0 unspecified atom stereocenters. The molecule has 25 heavy (non-hydrogen) atoms. The van der Waals surface area contributed by atoms with E-state index in [4.69, 9.17) is 14.1 Å². The molecule has 0 spiro atoms. The van der Waals surface area contributed by atoms with E-state index in [1.165, 1.54) is 0 Å². The van der Waals surface area contributed by atoms with E-state index in [2.05, 4.69) is 5.32 Å². The van der Waals surface area contributed by atoms with E-state index in [9.17, 15) is 14.8 Å². The van der Waals surface area contributed by atoms with Gasteiger partial charge in [0.2, 0.25) is 5.91 Å². The largest absolute Gasteiger partial charge is 0.635 e. The van der Waals surface area contributed by atoms with Gasteiger partial charge in [0.05, 0.1) is 24.7 Å². The lowest BCUT2D eigenvalue weighted by molar-refractivity contribution is -0.129. The molecule has 3 N–H and O–H groups in total. The van der Waals surface area contributed by atoms with Crippen LogP contribution < -0.4 is 10.1 Å². The smallest absolute Gasteiger partial charge is 0.493 e. The van der Waals surface area contributed by atoms with Crippen LogP contribution in [0.15, 0.2) is 24.3 Å². The van der Waals surface area contributed by atoms with Crippen molar-refractivity contribution in [1.29, 1.82) is 0 Å². The SMILES string of the molecule is O=C(N[C@@H](C[C@@H]1COc2ccccc21)OB(O)O)[C@H]1C[C@@H]2CC[C@H]1O2. The molecule has 3 heterocycles. The van der Waals surface area contributed by atoms with Gasteiger partial charge in [-0.05, 0) is 25.3 Å². The summed E-state index contributed by atoms with van der Waals surface area (Å²) in [4.78, 5) is 12.6. The Kier molecular flexibility index (Phi) is 4.68. The second kappa shape index (κ2) is 6.95. The Hall–Kier alpha value is -1.61. The van der Waals surface area contributed by atoms with E-state index in [1.54, 1.807) is 0 Å². The molecule has 5 atom stereocenters. The summed E-state index contributed by atoms with van der Waals surface area (Å²) < 4.78 is 16.5. The van der Waals surface area contributed by atoms with Crippen LogP contribution in [0.1, 0.15) is 37.2 Å². The molecule has 134 valence electrons. The van der Waals surface area contributed by atoms with Crippen LogP contribution in [0.2, 0.25) is 0 Å². The van der Waals surface area contributed by atoms with Gasteiger partial charge in [-0.3, -0.25) is 4.79 Å². The Morgan fingerprint density at radius 2 is 2.20 bits per heavy atom. The second-order valence-electron chi connectivity index (χ2n) is 6.96. The molecule has 4 rings (SSSR count). The topological polar surface area (TPSA) is 97.3 Å². The zero-order chi connectivity index (χ0) is 17.4. The number of fused-ring (bicyclic) bond motifs is 3. The van der Waals surface area contributed by atoms with Crippen molar-refractivity contribution in [2.45, 2.75) is 50.0 Å². The first-order chi connectivity index (χ1) is 12.1. The molecule has 8 heteroatoms. The highest BCUT2D eigenvalue weighted by Gasteiger charge is 2.45. The first kappa shape index (κ1) is 16.8. The van der Waals surface area contributed by atoms with Crippen LogP contribution in [0.4, 0.5) is 0 Å². The summed E-state index contributed by atoms with van der Waals surface area (Å²) in [6.07, 6.45) is 2.40. The van der Waals surface area contributed by atoms with E-state index < -0.39 is 13.5 Å². The van der Waals surface area contributed by atoms with Crippen molar-refractivity contribution in [3.63, 3.8) is 0 Å². The molecule has 3 aliphatic rings. The lowest BCUT2D eigenvalue weighted by Crippen LogP contribution is -2.46. The molecular formula is C17H22BNO6. The normalized spacial score (nSPS) is 30.6. The minimum absolute atomic E-state index is 0.0246. The molecule has 1 amide bonds. The maximum atomic E-state index is 12.6. The van der Waals surface area contributed by atoms with Crippen LogP contribution in [-0.2, 0) is 14.2 Å². The maximum Gasteiger partial charge on any atom is 0.635 e. The van der Waals surface area contributed by atoms with E-state index in [-0.39, 0.29) is 30.0 Å². The number of para-hydroxylation sites is 1. The Morgan fingerprint density at radius 3 is 2.92 bits per heavy atom. The zero-order valence-corrected chi connectivity index (χ0v) is 13.8. The first-order valence-electron chi connectivity index (χ1n) is 8.79. The Bertz CT molecular complexity index is 641. The highest BCUT2D eigenvalue weighted by molar-refractivity contribution is 6.32. The number of nitrogens with one attached hydrogen (secondary N) is 1. The van der Waals surface area contributed by atoms with Gasteiger partial charge in [-0.25, -0.2) is 0 Å². The van der Waals surface area contributed by atoms with Crippen LogP contribution >= 0.6 is 0 Å². The molecule has 0 aromatic heterocycles. The fourth-order valence-corrected chi connectivity index (χ4v) is 4.16. The molecular weight excluding hydrogens is 325 g/mol. The van der Waals surface area contributed by atoms with Gasteiger partial charge in [0.1, 0.15) is 12.0 Å². The van der Waals surface area contributed by atoms with Gasteiger partial charge in [0, 0.05) is 17.9 Å². The summed E-state index contributed by atoms with van der Waals surface area (Å²) in [6, 6.07) is 7.72. The lowest BCUT2D eigenvalue weighted by atomic mass is 9.88. The van der Waals surface area contributed by atoms with Crippen LogP contribution in [-0.4, -0.2) is 48.3 Å². The van der Waals surface area contributed by atoms with Crippen LogP contribution in [0.3, 0.4) is 0 Å². The molecule has 0 saturated carbocycles. The molecule has 0 radical (unpaired) electrons. The van der Waals surface area contributed by atoms with Gasteiger partial charge >= 0.3 is 7.32 Å². The molecule has 7 nitrogen and oxygen atoms in total. The fourth-order valence-electron chi connectivity index (χ4n) is 4.16. The Labute approximate surface area is 146 Å². The molecule has 1 aromatic carbocycles. The number of benzene rings is 1. The summed E-state index contributed by atoms with van der Waals surface area (Å²) >= 11 is 0. The van der Waals surface area contributed by atoms with E-state index >= 15 is 0 Å². The van der Waals surface area contributed by atoms with Gasteiger partial charge in [0.15, 0.2) is 0 Å². The van der Waals surface area contributed by atoms with Crippen molar-refractivity contribution in [3.05, 3.63) is 29.8 Å². The van der Waals surface area contributed by atoms with Gasteiger partial charge in [0.25, 0.3) is 0 Å². The number of carbonyl (C=O) groups is 1. The van der Waals surface area contributed by atoms with E-state index in [0.29, 0.717) is 13.0 Å². The number of carbonyl (C=O) groups excluding carboxylic acids is 1. The number of hydrogen-bond acceptors (Lipinski definition) is 6. The molecule has 2 saturated heterocycles. The summed E-state index contributed by atoms with van der Waals surface area (Å²) in [5, 5.41) is 21.2. The van der Waals surface area contributed by atoms with Crippen LogP contribution in [0, 0.1) is 5.92 Å². The lowest BCUT2D eigenvalue weighted by Gasteiger charge is -2.25. The van der Waals surface area contributed by atoms with Crippen LogP contribution in [0.25, 0.3) is 0 Å². The molecule has 2 bridgehead atoms. The number of hydrogen-bond donors (Lipinski definition) is 3. The third kappa shape index (κ3) is 3.53. The quantitative estimate of drug-likeness (QED) is 0.514.